The van der Waals surface area contributed by atoms with E-state index in [-0.39, 0.29) is 5.91 Å². The van der Waals surface area contributed by atoms with Crippen LogP contribution in [0.1, 0.15) is 24.1 Å². The van der Waals surface area contributed by atoms with Gasteiger partial charge in [0.1, 0.15) is 6.04 Å². The summed E-state index contributed by atoms with van der Waals surface area (Å²) in [7, 11) is 1.55. The molecule has 1 atom stereocenters. The molecule has 0 spiro atoms. The zero-order chi connectivity index (χ0) is 21.1. The summed E-state index contributed by atoms with van der Waals surface area (Å²) in [5.74, 6) is -0.320. The number of carbonyl (C=O) groups excluding carboxylic acids is 1. The maximum Gasteiger partial charge on any atom is 0.336 e. The molecule has 7 heteroatoms. The predicted octanol–water partition coefficient (Wildman–Crippen LogP) is 2.09. The van der Waals surface area contributed by atoms with E-state index in [4.69, 9.17) is 4.74 Å². The Morgan fingerprint density at radius 3 is 2.52 bits per heavy atom. The van der Waals surface area contributed by atoms with Crippen molar-refractivity contribution < 1.29 is 9.53 Å². The van der Waals surface area contributed by atoms with Gasteiger partial charge in [0, 0.05) is 13.7 Å². The van der Waals surface area contributed by atoms with Gasteiger partial charge in [-0.25, -0.2) is 9.36 Å². The van der Waals surface area contributed by atoms with Gasteiger partial charge < -0.3 is 10.1 Å². The molecule has 0 fully saturated rings. The van der Waals surface area contributed by atoms with Crippen molar-refractivity contribution in [3.8, 4) is 5.69 Å². The normalized spacial score (nSPS) is 12.1. The monoisotopic (exact) mass is 395 g/mol. The molecule has 1 N–H and O–H groups in total. The van der Waals surface area contributed by atoms with Crippen molar-refractivity contribution in [2.24, 2.45) is 0 Å². The Bertz CT molecular complexity index is 1180. The maximum absolute atomic E-state index is 13.4. The number of nitrogens with one attached hydrogen (secondary N) is 1. The fourth-order valence-corrected chi connectivity index (χ4v) is 3.29. The lowest BCUT2D eigenvalue weighted by Gasteiger charge is -2.20. The highest BCUT2D eigenvalue weighted by molar-refractivity contribution is 5.84. The zero-order valence-corrected chi connectivity index (χ0v) is 17.1. The lowest BCUT2D eigenvalue weighted by atomic mass is 10.1. The summed E-state index contributed by atoms with van der Waals surface area (Å²) in [5.41, 5.74) is 1.99. The Balaban J connectivity index is 2.24. The average molecular weight is 395 g/mol. The van der Waals surface area contributed by atoms with Crippen LogP contribution in [0.2, 0.25) is 0 Å². The first kappa shape index (κ1) is 20.5. The second kappa shape index (κ2) is 8.45. The first-order valence-electron chi connectivity index (χ1n) is 9.47. The van der Waals surface area contributed by atoms with Gasteiger partial charge in [0.2, 0.25) is 5.91 Å². The van der Waals surface area contributed by atoms with Gasteiger partial charge in [-0.2, -0.15) is 0 Å². The molecule has 0 aliphatic heterocycles. The Hall–Kier alpha value is -3.19. The minimum absolute atomic E-state index is 0.320. The number of fused-ring (bicyclic) bond motifs is 1. The van der Waals surface area contributed by atoms with Crippen LogP contribution < -0.4 is 16.6 Å². The van der Waals surface area contributed by atoms with E-state index in [2.05, 4.69) is 5.32 Å². The molecule has 0 saturated carbocycles. The number of rotatable bonds is 6. The van der Waals surface area contributed by atoms with Crippen LogP contribution in [0.4, 0.5) is 0 Å². The van der Waals surface area contributed by atoms with Crippen molar-refractivity contribution in [3.63, 3.8) is 0 Å². The highest BCUT2D eigenvalue weighted by atomic mass is 16.5. The number of para-hydroxylation sites is 1. The summed E-state index contributed by atoms with van der Waals surface area (Å²) < 4.78 is 7.46. The average Bonchev–Trinajstić information content (AvgIpc) is 2.70. The molecule has 0 saturated heterocycles. The fourth-order valence-electron chi connectivity index (χ4n) is 3.29. The van der Waals surface area contributed by atoms with Crippen molar-refractivity contribution >= 4 is 16.8 Å². The number of hydrogen-bond donors (Lipinski definition) is 1. The van der Waals surface area contributed by atoms with Gasteiger partial charge in [-0.15, -0.1) is 0 Å². The number of carbonyl (C=O) groups is 1. The quantitative estimate of drug-likeness (QED) is 0.648. The van der Waals surface area contributed by atoms with Crippen LogP contribution >= 0.6 is 0 Å². The maximum atomic E-state index is 13.4. The van der Waals surface area contributed by atoms with Gasteiger partial charge in [-0.3, -0.25) is 14.2 Å². The van der Waals surface area contributed by atoms with Crippen molar-refractivity contribution in [1.82, 2.24) is 14.5 Å². The van der Waals surface area contributed by atoms with Crippen LogP contribution in [-0.2, 0) is 9.53 Å². The highest BCUT2D eigenvalue weighted by Gasteiger charge is 2.22. The van der Waals surface area contributed by atoms with Gasteiger partial charge in [0.15, 0.2) is 0 Å². The molecule has 0 aliphatic rings. The van der Waals surface area contributed by atoms with E-state index in [0.717, 1.165) is 15.7 Å². The van der Waals surface area contributed by atoms with Crippen molar-refractivity contribution in [2.45, 2.75) is 26.8 Å². The molecule has 1 heterocycles. The molecule has 3 rings (SSSR count). The third-order valence-electron chi connectivity index (χ3n) is 5.12. The number of aromatic nitrogens is 2. The summed E-state index contributed by atoms with van der Waals surface area (Å²) in [5, 5.41) is 3.13. The van der Waals surface area contributed by atoms with Crippen LogP contribution in [0, 0.1) is 13.8 Å². The van der Waals surface area contributed by atoms with Crippen LogP contribution in [0.5, 0.6) is 0 Å². The van der Waals surface area contributed by atoms with E-state index in [1.54, 1.807) is 50.4 Å². The van der Waals surface area contributed by atoms with E-state index in [1.807, 2.05) is 19.9 Å². The Labute approximate surface area is 168 Å². The first-order chi connectivity index (χ1) is 13.9. The predicted molar refractivity (Wildman–Crippen MR) is 113 cm³/mol. The third-order valence-corrected chi connectivity index (χ3v) is 5.12. The Morgan fingerprint density at radius 2 is 1.83 bits per heavy atom. The van der Waals surface area contributed by atoms with Gasteiger partial charge in [0.05, 0.1) is 23.2 Å². The number of methoxy groups -OCH3 is 1. The number of ether oxygens (including phenoxy) is 1. The Kier molecular flexibility index (Phi) is 5.98. The van der Waals surface area contributed by atoms with Crippen molar-refractivity contribution in [2.75, 3.05) is 20.3 Å². The molecular weight excluding hydrogens is 370 g/mol. The van der Waals surface area contributed by atoms with E-state index in [0.29, 0.717) is 29.7 Å². The first-order valence-corrected chi connectivity index (χ1v) is 9.47. The number of benzene rings is 2. The number of nitrogens with zero attached hydrogens (tertiary/aromatic N) is 2. The second-order valence-corrected chi connectivity index (χ2v) is 7.04. The molecule has 1 aromatic heterocycles. The van der Waals surface area contributed by atoms with Gasteiger partial charge in [0.25, 0.3) is 5.56 Å². The van der Waals surface area contributed by atoms with Crippen molar-refractivity contribution in [3.05, 3.63) is 74.4 Å². The molecular formula is C22H25N3O4. The molecule has 1 amide bonds. The third kappa shape index (κ3) is 3.86. The number of hydrogen-bond acceptors (Lipinski definition) is 4. The lowest BCUT2D eigenvalue weighted by molar-refractivity contribution is -0.124. The van der Waals surface area contributed by atoms with Crippen LogP contribution in [0.15, 0.2) is 52.1 Å². The molecule has 0 unspecified atom stereocenters. The van der Waals surface area contributed by atoms with E-state index in [1.165, 1.54) is 4.57 Å². The SMILES string of the molecule is COCCNC(=O)[C@H](C)n1c(=O)n(-c2ccc(C)c(C)c2)c(=O)c2ccccc21. The summed E-state index contributed by atoms with van der Waals surface area (Å²) in [6.07, 6.45) is 0. The van der Waals surface area contributed by atoms with Gasteiger partial charge in [-0.05, 0) is 56.2 Å². The fraction of sp³-hybridized carbons (Fsp3) is 0.318. The smallest absolute Gasteiger partial charge is 0.336 e. The van der Waals surface area contributed by atoms with Crippen molar-refractivity contribution in [1.29, 1.82) is 0 Å². The molecule has 2 aromatic carbocycles. The number of aryl methyl sites for hydroxylation is 2. The topological polar surface area (TPSA) is 82.3 Å². The standard InChI is InChI=1S/C22H25N3O4/c1-14-9-10-17(13-15(14)2)25-21(27)18-7-5-6-8-19(18)24(22(25)28)16(3)20(26)23-11-12-29-4/h5-10,13,16H,11-12H2,1-4H3,(H,23,26)/t16-/m0/s1. The second-order valence-electron chi connectivity index (χ2n) is 7.04. The molecule has 0 bridgehead atoms. The summed E-state index contributed by atoms with van der Waals surface area (Å²) in [4.78, 5) is 39.2. The van der Waals surface area contributed by atoms with Gasteiger partial charge in [-0.1, -0.05) is 18.2 Å². The van der Waals surface area contributed by atoms with E-state index >= 15 is 0 Å². The largest absolute Gasteiger partial charge is 0.383 e. The zero-order valence-electron chi connectivity index (χ0n) is 17.1. The Morgan fingerprint density at radius 1 is 1.10 bits per heavy atom. The van der Waals surface area contributed by atoms with Gasteiger partial charge >= 0.3 is 5.69 Å². The highest BCUT2D eigenvalue weighted by Crippen LogP contribution is 2.16. The molecule has 7 nitrogen and oxygen atoms in total. The molecule has 3 aromatic rings. The van der Waals surface area contributed by atoms with E-state index in [9.17, 15) is 14.4 Å². The van der Waals surface area contributed by atoms with Crippen LogP contribution in [-0.4, -0.2) is 35.3 Å². The van der Waals surface area contributed by atoms with Crippen LogP contribution in [0.25, 0.3) is 16.6 Å². The summed E-state index contributed by atoms with van der Waals surface area (Å²) in [6.45, 7) is 6.24. The molecule has 0 aliphatic carbocycles. The number of amides is 1. The molecule has 29 heavy (non-hydrogen) atoms. The minimum Gasteiger partial charge on any atom is -0.383 e. The summed E-state index contributed by atoms with van der Waals surface area (Å²) >= 11 is 0. The minimum atomic E-state index is -0.803. The lowest BCUT2D eigenvalue weighted by Crippen LogP contribution is -2.44. The molecule has 0 radical (unpaired) electrons. The van der Waals surface area contributed by atoms with E-state index < -0.39 is 17.3 Å². The molecule has 152 valence electrons. The summed E-state index contributed by atoms with van der Waals surface area (Å²) in [6, 6.07) is 11.5. The van der Waals surface area contributed by atoms with Crippen LogP contribution in [0.3, 0.4) is 0 Å².